The summed E-state index contributed by atoms with van der Waals surface area (Å²) in [6.45, 7) is 0.104. The zero-order valence-corrected chi connectivity index (χ0v) is 13.4. The summed E-state index contributed by atoms with van der Waals surface area (Å²) in [5.74, 6) is 3.78. The lowest BCUT2D eigenvalue weighted by atomic mass is 9.47. The molecule has 2 nitrogen and oxygen atoms in total. The highest BCUT2D eigenvalue weighted by molar-refractivity contribution is 5.58. The van der Waals surface area contributed by atoms with Crippen molar-refractivity contribution in [3.05, 3.63) is 35.4 Å². The highest BCUT2D eigenvalue weighted by atomic mass is 16.5. The summed E-state index contributed by atoms with van der Waals surface area (Å²) in [5.41, 5.74) is 3.10. The Labute approximate surface area is 133 Å². The maximum Gasteiger partial charge on any atom is 0.119 e. The Hall–Kier alpha value is -1.28. The first kappa shape index (κ1) is 14.3. The highest BCUT2D eigenvalue weighted by Crippen LogP contribution is 2.61. The molecular formula is C20H26O2. The second-order valence-electron chi connectivity index (χ2n) is 7.74. The zero-order valence-electron chi connectivity index (χ0n) is 13.4. The molecule has 0 amide bonds. The summed E-state index contributed by atoms with van der Waals surface area (Å²) >= 11 is 0. The summed E-state index contributed by atoms with van der Waals surface area (Å²) in [5, 5.41) is 9.14. The van der Waals surface area contributed by atoms with Crippen molar-refractivity contribution < 1.29 is 9.84 Å². The van der Waals surface area contributed by atoms with Gasteiger partial charge in [0.15, 0.2) is 0 Å². The predicted octanol–water partition coefficient (Wildman–Crippen LogP) is 4.17. The Morgan fingerprint density at radius 2 is 1.77 bits per heavy atom. The van der Waals surface area contributed by atoms with Gasteiger partial charge in [-0.25, -0.2) is 0 Å². The minimum absolute atomic E-state index is 0.104. The van der Waals surface area contributed by atoms with Gasteiger partial charge in [-0.3, -0.25) is 0 Å². The summed E-state index contributed by atoms with van der Waals surface area (Å²) in [6.07, 6.45) is 12.4. The van der Waals surface area contributed by atoms with Crippen molar-refractivity contribution in [2.24, 2.45) is 17.8 Å². The third-order valence-corrected chi connectivity index (χ3v) is 6.27. The van der Waals surface area contributed by atoms with Gasteiger partial charge in [0.2, 0.25) is 0 Å². The van der Waals surface area contributed by atoms with E-state index in [0.717, 1.165) is 23.5 Å². The SMILES string of the molecule is COc1ccc(/C=C/CO)c(C23CC4CC(CC(C4)C2)C3)c1. The van der Waals surface area contributed by atoms with Crippen LogP contribution in [0.5, 0.6) is 5.75 Å². The van der Waals surface area contributed by atoms with Crippen LogP contribution in [0.4, 0.5) is 0 Å². The van der Waals surface area contributed by atoms with Crippen LogP contribution in [0, 0.1) is 17.8 Å². The van der Waals surface area contributed by atoms with Crippen molar-refractivity contribution in [1.82, 2.24) is 0 Å². The van der Waals surface area contributed by atoms with Gasteiger partial charge in [0.05, 0.1) is 13.7 Å². The van der Waals surface area contributed by atoms with Gasteiger partial charge >= 0.3 is 0 Å². The minimum Gasteiger partial charge on any atom is -0.497 e. The smallest absolute Gasteiger partial charge is 0.119 e. The molecule has 2 heteroatoms. The monoisotopic (exact) mass is 298 g/mol. The third-order valence-electron chi connectivity index (χ3n) is 6.27. The normalized spacial score (nSPS) is 36.2. The molecule has 1 aromatic carbocycles. The molecular weight excluding hydrogens is 272 g/mol. The van der Waals surface area contributed by atoms with Crippen molar-refractivity contribution in [3.8, 4) is 5.75 Å². The van der Waals surface area contributed by atoms with Crippen LogP contribution in [0.2, 0.25) is 0 Å². The molecule has 0 aromatic heterocycles. The van der Waals surface area contributed by atoms with Crippen LogP contribution in [-0.2, 0) is 5.41 Å². The minimum atomic E-state index is 0.104. The lowest BCUT2D eigenvalue weighted by molar-refractivity contribution is -0.00535. The van der Waals surface area contributed by atoms with Gasteiger partial charge in [-0.2, -0.15) is 0 Å². The third kappa shape index (κ3) is 2.28. The van der Waals surface area contributed by atoms with E-state index in [1.54, 1.807) is 7.11 Å². The molecule has 1 aromatic rings. The van der Waals surface area contributed by atoms with E-state index >= 15 is 0 Å². The number of aliphatic hydroxyl groups excluding tert-OH is 1. The van der Waals surface area contributed by atoms with E-state index < -0.39 is 0 Å². The van der Waals surface area contributed by atoms with Crippen LogP contribution in [-0.4, -0.2) is 18.8 Å². The lowest BCUT2D eigenvalue weighted by Crippen LogP contribution is -2.48. The van der Waals surface area contributed by atoms with Gasteiger partial charge in [-0.15, -0.1) is 0 Å². The van der Waals surface area contributed by atoms with Crippen LogP contribution in [0.3, 0.4) is 0 Å². The van der Waals surface area contributed by atoms with Crippen LogP contribution in [0.1, 0.15) is 49.7 Å². The van der Waals surface area contributed by atoms with Gasteiger partial charge in [0.1, 0.15) is 5.75 Å². The van der Waals surface area contributed by atoms with E-state index in [2.05, 4.69) is 18.2 Å². The number of ether oxygens (including phenoxy) is 1. The maximum absolute atomic E-state index is 9.14. The lowest BCUT2D eigenvalue weighted by Gasteiger charge is -2.57. The standard InChI is InChI=1S/C20H26O2/c1-22-18-5-4-17(3-2-6-21)19(10-18)20-11-14-7-15(12-20)9-16(8-14)13-20/h2-5,10,14-16,21H,6-9,11-13H2,1H3/b3-2+. The summed E-state index contributed by atoms with van der Waals surface area (Å²) in [6, 6.07) is 6.48. The van der Waals surface area contributed by atoms with Crippen molar-refractivity contribution in [2.75, 3.05) is 13.7 Å². The first-order chi connectivity index (χ1) is 10.7. The topological polar surface area (TPSA) is 29.5 Å². The average molecular weight is 298 g/mol. The molecule has 5 rings (SSSR count). The highest BCUT2D eigenvalue weighted by Gasteiger charge is 2.52. The van der Waals surface area contributed by atoms with Crippen LogP contribution >= 0.6 is 0 Å². The molecule has 0 saturated heterocycles. The molecule has 0 atom stereocenters. The number of rotatable bonds is 4. The summed E-state index contributed by atoms with van der Waals surface area (Å²) in [4.78, 5) is 0. The van der Waals surface area contributed by atoms with Gasteiger partial charge in [0.25, 0.3) is 0 Å². The predicted molar refractivity (Wildman–Crippen MR) is 89.0 cm³/mol. The Bertz CT molecular complexity index is 552. The molecule has 4 bridgehead atoms. The van der Waals surface area contributed by atoms with E-state index in [1.165, 1.54) is 49.7 Å². The number of benzene rings is 1. The van der Waals surface area contributed by atoms with Gasteiger partial charge < -0.3 is 9.84 Å². The van der Waals surface area contributed by atoms with Crippen LogP contribution < -0.4 is 4.74 Å². The second-order valence-corrected chi connectivity index (χ2v) is 7.74. The molecule has 4 fully saturated rings. The van der Waals surface area contributed by atoms with Gasteiger partial charge in [-0.05, 0) is 85.0 Å². The quantitative estimate of drug-likeness (QED) is 0.904. The van der Waals surface area contributed by atoms with E-state index in [0.29, 0.717) is 5.41 Å². The molecule has 0 unspecified atom stereocenters. The van der Waals surface area contributed by atoms with Crippen molar-refractivity contribution >= 4 is 6.08 Å². The van der Waals surface area contributed by atoms with Crippen LogP contribution in [0.15, 0.2) is 24.3 Å². The van der Waals surface area contributed by atoms with E-state index in [1.807, 2.05) is 12.1 Å². The fraction of sp³-hybridized carbons (Fsp3) is 0.600. The number of aliphatic hydroxyl groups is 1. The first-order valence-corrected chi connectivity index (χ1v) is 8.68. The summed E-state index contributed by atoms with van der Waals surface area (Å²) < 4.78 is 5.50. The Balaban J connectivity index is 1.78. The zero-order chi connectivity index (χ0) is 15.2. The largest absolute Gasteiger partial charge is 0.497 e. The second kappa shape index (κ2) is 5.42. The van der Waals surface area contributed by atoms with Crippen molar-refractivity contribution in [2.45, 2.75) is 43.9 Å². The van der Waals surface area contributed by atoms with Gasteiger partial charge in [-0.1, -0.05) is 18.2 Å². The molecule has 4 aliphatic rings. The Morgan fingerprint density at radius 1 is 1.14 bits per heavy atom. The molecule has 0 spiro atoms. The maximum atomic E-state index is 9.14. The van der Waals surface area contributed by atoms with E-state index in [-0.39, 0.29) is 6.61 Å². The average Bonchev–Trinajstić information content (AvgIpc) is 2.51. The molecule has 118 valence electrons. The van der Waals surface area contributed by atoms with Gasteiger partial charge in [0, 0.05) is 0 Å². The first-order valence-electron chi connectivity index (χ1n) is 8.68. The van der Waals surface area contributed by atoms with E-state index in [9.17, 15) is 0 Å². The van der Waals surface area contributed by atoms with Crippen LogP contribution in [0.25, 0.3) is 6.08 Å². The van der Waals surface area contributed by atoms with Crippen molar-refractivity contribution in [1.29, 1.82) is 0 Å². The molecule has 0 radical (unpaired) electrons. The molecule has 0 aliphatic heterocycles. The molecule has 1 N–H and O–H groups in total. The number of hydrogen-bond acceptors (Lipinski definition) is 2. The Kier molecular flexibility index (Phi) is 3.53. The summed E-state index contributed by atoms with van der Waals surface area (Å²) in [7, 11) is 1.75. The molecule has 22 heavy (non-hydrogen) atoms. The number of hydrogen-bond donors (Lipinski definition) is 1. The molecule has 0 heterocycles. The van der Waals surface area contributed by atoms with Crippen molar-refractivity contribution in [3.63, 3.8) is 0 Å². The molecule has 4 aliphatic carbocycles. The Morgan fingerprint density at radius 3 is 2.32 bits per heavy atom. The number of methoxy groups -OCH3 is 1. The fourth-order valence-corrected chi connectivity index (χ4v) is 5.89. The molecule has 4 saturated carbocycles. The fourth-order valence-electron chi connectivity index (χ4n) is 5.89. The van der Waals surface area contributed by atoms with E-state index in [4.69, 9.17) is 9.84 Å².